The molecule has 88 valence electrons. The molecule has 1 atom stereocenters. The van der Waals surface area contributed by atoms with Crippen LogP contribution in [0, 0.1) is 5.92 Å². The molecule has 0 aliphatic carbocycles. The van der Waals surface area contributed by atoms with E-state index in [1.807, 2.05) is 0 Å². The van der Waals surface area contributed by atoms with Crippen LogP contribution in [-0.2, 0) is 14.3 Å². The molecule has 1 rings (SSSR count). The lowest BCUT2D eigenvalue weighted by Gasteiger charge is -2.20. The summed E-state index contributed by atoms with van der Waals surface area (Å²) in [6.45, 7) is 6.35. The standard InChI is InChI=1S/C11H21NO3/c1-3-12(5-7-14-2)8-11(13)10-4-6-15-9-10/h10H,3-9H2,1-2H3. The van der Waals surface area contributed by atoms with E-state index in [4.69, 9.17) is 9.47 Å². The van der Waals surface area contributed by atoms with E-state index in [0.717, 1.165) is 26.1 Å². The van der Waals surface area contributed by atoms with Crippen molar-refractivity contribution in [3.63, 3.8) is 0 Å². The van der Waals surface area contributed by atoms with Crippen LogP contribution in [0.1, 0.15) is 13.3 Å². The summed E-state index contributed by atoms with van der Waals surface area (Å²) in [5.74, 6) is 0.437. The van der Waals surface area contributed by atoms with Gasteiger partial charge in [-0.15, -0.1) is 0 Å². The molecule has 4 nitrogen and oxygen atoms in total. The van der Waals surface area contributed by atoms with Crippen molar-refractivity contribution in [3.05, 3.63) is 0 Å². The molecule has 0 aromatic heterocycles. The molecule has 1 unspecified atom stereocenters. The molecule has 0 spiro atoms. The number of carbonyl (C=O) groups is 1. The van der Waals surface area contributed by atoms with E-state index in [0.29, 0.717) is 25.5 Å². The number of ether oxygens (including phenoxy) is 2. The molecule has 0 amide bonds. The van der Waals surface area contributed by atoms with Gasteiger partial charge < -0.3 is 9.47 Å². The Balaban J connectivity index is 2.26. The van der Waals surface area contributed by atoms with Gasteiger partial charge in [0.2, 0.25) is 0 Å². The second-order valence-electron chi connectivity index (χ2n) is 3.89. The molecule has 0 radical (unpaired) electrons. The zero-order chi connectivity index (χ0) is 11.1. The molecule has 15 heavy (non-hydrogen) atoms. The predicted molar refractivity (Wildman–Crippen MR) is 57.9 cm³/mol. The van der Waals surface area contributed by atoms with Gasteiger partial charge in [0.25, 0.3) is 0 Å². The summed E-state index contributed by atoms with van der Waals surface area (Å²) in [4.78, 5) is 13.9. The van der Waals surface area contributed by atoms with Crippen molar-refractivity contribution in [2.24, 2.45) is 5.92 Å². The monoisotopic (exact) mass is 215 g/mol. The highest BCUT2D eigenvalue weighted by Crippen LogP contribution is 2.13. The Morgan fingerprint density at radius 2 is 2.40 bits per heavy atom. The van der Waals surface area contributed by atoms with Crippen LogP contribution in [-0.4, -0.2) is 57.2 Å². The van der Waals surface area contributed by atoms with Crippen molar-refractivity contribution in [2.75, 3.05) is 46.6 Å². The Bertz CT molecular complexity index is 190. The van der Waals surface area contributed by atoms with Gasteiger partial charge in [-0.1, -0.05) is 6.92 Å². The number of likely N-dealkylation sites (N-methyl/N-ethyl adjacent to an activating group) is 1. The second kappa shape index (κ2) is 6.93. The highest BCUT2D eigenvalue weighted by atomic mass is 16.5. The van der Waals surface area contributed by atoms with Gasteiger partial charge >= 0.3 is 0 Å². The molecular weight excluding hydrogens is 194 g/mol. The van der Waals surface area contributed by atoms with Gasteiger partial charge in [-0.05, 0) is 13.0 Å². The topological polar surface area (TPSA) is 38.8 Å². The lowest BCUT2D eigenvalue weighted by molar-refractivity contribution is -0.124. The maximum atomic E-state index is 11.8. The van der Waals surface area contributed by atoms with Gasteiger partial charge in [-0.25, -0.2) is 0 Å². The number of carbonyl (C=O) groups excluding carboxylic acids is 1. The van der Waals surface area contributed by atoms with Crippen molar-refractivity contribution in [3.8, 4) is 0 Å². The zero-order valence-electron chi connectivity index (χ0n) is 9.70. The van der Waals surface area contributed by atoms with Gasteiger partial charge in [0.1, 0.15) is 0 Å². The molecule has 1 aliphatic heterocycles. The first kappa shape index (κ1) is 12.6. The average molecular weight is 215 g/mol. The first-order valence-electron chi connectivity index (χ1n) is 5.59. The SMILES string of the molecule is CCN(CCOC)CC(=O)C1CCOC1. The first-order chi connectivity index (χ1) is 7.27. The normalized spacial score (nSPS) is 21.1. The van der Waals surface area contributed by atoms with E-state index in [9.17, 15) is 4.79 Å². The smallest absolute Gasteiger partial charge is 0.152 e. The fraction of sp³-hybridized carbons (Fsp3) is 0.909. The quantitative estimate of drug-likeness (QED) is 0.622. The first-order valence-corrected chi connectivity index (χ1v) is 5.59. The van der Waals surface area contributed by atoms with Crippen molar-refractivity contribution >= 4 is 5.78 Å². The van der Waals surface area contributed by atoms with E-state index in [1.165, 1.54) is 0 Å². The number of hydrogen-bond acceptors (Lipinski definition) is 4. The van der Waals surface area contributed by atoms with E-state index in [2.05, 4.69) is 11.8 Å². The van der Waals surface area contributed by atoms with Gasteiger partial charge in [0, 0.05) is 26.2 Å². The Labute approximate surface area is 91.5 Å². The predicted octanol–water partition coefficient (Wildman–Crippen LogP) is 0.560. The minimum Gasteiger partial charge on any atom is -0.383 e. The highest BCUT2D eigenvalue weighted by Gasteiger charge is 2.24. The summed E-state index contributed by atoms with van der Waals surface area (Å²) in [6.07, 6.45) is 0.890. The number of nitrogens with zero attached hydrogens (tertiary/aromatic N) is 1. The van der Waals surface area contributed by atoms with Crippen LogP contribution in [0.3, 0.4) is 0 Å². The minimum atomic E-state index is 0.126. The molecular formula is C11H21NO3. The summed E-state index contributed by atoms with van der Waals surface area (Å²) in [7, 11) is 1.68. The summed E-state index contributed by atoms with van der Waals surface area (Å²) in [5, 5.41) is 0. The Morgan fingerprint density at radius 3 is 2.93 bits per heavy atom. The number of methoxy groups -OCH3 is 1. The maximum absolute atomic E-state index is 11.8. The fourth-order valence-corrected chi connectivity index (χ4v) is 1.71. The van der Waals surface area contributed by atoms with Crippen molar-refractivity contribution in [1.82, 2.24) is 4.90 Å². The van der Waals surface area contributed by atoms with Crippen LogP contribution in [0.5, 0.6) is 0 Å². The molecule has 4 heteroatoms. The zero-order valence-corrected chi connectivity index (χ0v) is 9.70. The largest absolute Gasteiger partial charge is 0.383 e. The molecule has 0 bridgehead atoms. The summed E-state index contributed by atoms with van der Waals surface area (Å²) in [6, 6.07) is 0. The Kier molecular flexibility index (Phi) is 5.83. The number of hydrogen-bond donors (Lipinski definition) is 0. The van der Waals surface area contributed by atoms with Gasteiger partial charge in [-0.3, -0.25) is 9.69 Å². The van der Waals surface area contributed by atoms with E-state index < -0.39 is 0 Å². The summed E-state index contributed by atoms with van der Waals surface area (Å²) < 4.78 is 10.2. The van der Waals surface area contributed by atoms with Crippen LogP contribution < -0.4 is 0 Å². The molecule has 0 aromatic rings. The number of rotatable bonds is 7. The molecule has 0 aromatic carbocycles. The summed E-state index contributed by atoms with van der Waals surface area (Å²) >= 11 is 0. The van der Waals surface area contributed by atoms with Crippen molar-refractivity contribution in [1.29, 1.82) is 0 Å². The third-order valence-electron chi connectivity index (χ3n) is 2.82. The molecule has 1 aliphatic rings. The molecule has 0 saturated carbocycles. The summed E-state index contributed by atoms with van der Waals surface area (Å²) in [5.41, 5.74) is 0. The third-order valence-corrected chi connectivity index (χ3v) is 2.82. The third kappa shape index (κ3) is 4.28. The Morgan fingerprint density at radius 1 is 1.60 bits per heavy atom. The van der Waals surface area contributed by atoms with Gasteiger partial charge in [0.15, 0.2) is 5.78 Å². The maximum Gasteiger partial charge on any atom is 0.152 e. The van der Waals surface area contributed by atoms with Gasteiger partial charge in [-0.2, -0.15) is 0 Å². The number of Topliss-reactive ketones (excluding diaryl/α,β-unsaturated/α-hetero) is 1. The van der Waals surface area contributed by atoms with Crippen LogP contribution in [0.2, 0.25) is 0 Å². The van der Waals surface area contributed by atoms with Gasteiger partial charge in [0.05, 0.1) is 19.8 Å². The highest BCUT2D eigenvalue weighted by molar-refractivity contribution is 5.83. The van der Waals surface area contributed by atoms with Crippen LogP contribution in [0.4, 0.5) is 0 Å². The lowest BCUT2D eigenvalue weighted by Crippen LogP contribution is -2.35. The molecule has 1 fully saturated rings. The average Bonchev–Trinajstić information content (AvgIpc) is 2.77. The van der Waals surface area contributed by atoms with Crippen molar-refractivity contribution in [2.45, 2.75) is 13.3 Å². The lowest BCUT2D eigenvalue weighted by atomic mass is 10.0. The minimum absolute atomic E-state index is 0.126. The Hall–Kier alpha value is -0.450. The second-order valence-corrected chi connectivity index (χ2v) is 3.89. The van der Waals surface area contributed by atoms with Crippen LogP contribution in [0.15, 0.2) is 0 Å². The van der Waals surface area contributed by atoms with Crippen LogP contribution >= 0.6 is 0 Å². The van der Waals surface area contributed by atoms with Crippen LogP contribution in [0.25, 0.3) is 0 Å². The van der Waals surface area contributed by atoms with E-state index >= 15 is 0 Å². The molecule has 0 N–H and O–H groups in total. The van der Waals surface area contributed by atoms with Crippen molar-refractivity contribution < 1.29 is 14.3 Å². The molecule has 1 heterocycles. The fourth-order valence-electron chi connectivity index (χ4n) is 1.71. The molecule has 1 saturated heterocycles. The van der Waals surface area contributed by atoms with E-state index in [1.54, 1.807) is 7.11 Å². The number of ketones is 1. The van der Waals surface area contributed by atoms with E-state index in [-0.39, 0.29) is 5.92 Å².